The van der Waals surface area contributed by atoms with Gasteiger partial charge in [-0.1, -0.05) is 0 Å². The van der Waals surface area contributed by atoms with E-state index >= 15 is 0 Å². The van der Waals surface area contributed by atoms with Crippen LogP contribution in [0.5, 0.6) is 0 Å². The molecule has 3 heteroatoms. The second kappa shape index (κ2) is 6.35. The van der Waals surface area contributed by atoms with Gasteiger partial charge in [0.15, 0.2) is 0 Å². The quantitative estimate of drug-likeness (QED) is 0.661. The zero-order valence-electron chi connectivity index (χ0n) is 8.67. The van der Waals surface area contributed by atoms with Crippen LogP contribution in [0, 0.1) is 0 Å². The summed E-state index contributed by atoms with van der Waals surface area (Å²) in [5.74, 6) is 0. The third-order valence-corrected chi connectivity index (χ3v) is 2.60. The van der Waals surface area contributed by atoms with Crippen LogP contribution < -0.4 is 5.73 Å². The fourth-order valence-corrected chi connectivity index (χ4v) is 1.71. The average Bonchev–Trinajstić information content (AvgIpc) is 2.32. The van der Waals surface area contributed by atoms with Gasteiger partial charge in [0.25, 0.3) is 0 Å². The van der Waals surface area contributed by atoms with Gasteiger partial charge in [-0.15, -0.1) is 0 Å². The lowest BCUT2D eigenvalue weighted by molar-refractivity contribution is 0.0434. The largest absolute Gasteiger partial charge is 0.378 e. The molecule has 13 heavy (non-hydrogen) atoms. The summed E-state index contributed by atoms with van der Waals surface area (Å²) in [7, 11) is 2.18. The first-order valence-electron chi connectivity index (χ1n) is 5.33. The van der Waals surface area contributed by atoms with E-state index < -0.39 is 0 Å². The molecule has 1 fully saturated rings. The molecule has 0 saturated carbocycles. The zero-order chi connectivity index (χ0) is 9.52. The van der Waals surface area contributed by atoms with Gasteiger partial charge in [-0.25, -0.2) is 0 Å². The van der Waals surface area contributed by atoms with E-state index in [1.54, 1.807) is 0 Å². The fourth-order valence-electron chi connectivity index (χ4n) is 1.71. The van der Waals surface area contributed by atoms with Crippen LogP contribution >= 0.6 is 0 Å². The summed E-state index contributed by atoms with van der Waals surface area (Å²) in [4.78, 5) is 2.38. The van der Waals surface area contributed by atoms with Gasteiger partial charge < -0.3 is 15.4 Å². The van der Waals surface area contributed by atoms with Crippen LogP contribution in [0.15, 0.2) is 0 Å². The molecule has 0 bridgehead atoms. The van der Waals surface area contributed by atoms with E-state index in [4.69, 9.17) is 10.5 Å². The molecule has 2 N–H and O–H groups in total. The Morgan fingerprint density at radius 1 is 1.38 bits per heavy atom. The average molecular weight is 186 g/mol. The summed E-state index contributed by atoms with van der Waals surface area (Å²) in [6.07, 6.45) is 5.14. The molecule has 1 saturated heterocycles. The number of hydrogen-bond donors (Lipinski definition) is 1. The third-order valence-electron chi connectivity index (χ3n) is 2.60. The van der Waals surface area contributed by atoms with E-state index in [0.29, 0.717) is 6.10 Å². The maximum Gasteiger partial charge on any atom is 0.0587 e. The van der Waals surface area contributed by atoms with E-state index in [-0.39, 0.29) is 0 Å². The Balaban J connectivity index is 2.11. The van der Waals surface area contributed by atoms with Crippen LogP contribution in [-0.2, 0) is 4.74 Å². The Bertz CT molecular complexity index is 130. The first-order valence-corrected chi connectivity index (χ1v) is 5.33. The number of ether oxygens (including phenoxy) is 1. The molecule has 1 aliphatic rings. The van der Waals surface area contributed by atoms with Crippen molar-refractivity contribution in [2.45, 2.75) is 31.8 Å². The van der Waals surface area contributed by atoms with Crippen molar-refractivity contribution in [3.8, 4) is 0 Å². The van der Waals surface area contributed by atoms with E-state index in [9.17, 15) is 0 Å². The van der Waals surface area contributed by atoms with Crippen molar-refractivity contribution in [2.75, 3.05) is 33.3 Å². The van der Waals surface area contributed by atoms with Crippen molar-refractivity contribution < 1.29 is 4.74 Å². The molecule has 0 radical (unpaired) electrons. The molecule has 1 rings (SSSR count). The highest BCUT2D eigenvalue weighted by Gasteiger charge is 2.14. The number of likely N-dealkylation sites (tertiary alicyclic amines) is 1. The first kappa shape index (κ1) is 11.0. The zero-order valence-corrected chi connectivity index (χ0v) is 8.67. The molecule has 0 aromatic carbocycles. The van der Waals surface area contributed by atoms with Gasteiger partial charge >= 0.3 is 0 Å². The highest BCUT2D eigenvalue weighted by molar-refractivity contribution is 4.67. The molecule has 1 unspecified atom stereocenters. The van der Waals surface area contributed by atoms with Crippen molar-refractivity contribution in [1.82, 2.24) is 4.90 Å². The van der Waals surface area contributed by atoms with Crippen LogP contribution in [0.4, 0.5) is 0 Å². The summed E-state index contributed by atoms with van der Waals surface area (Å²) in [5.41, 5.74) is 5.41. The van der Waals surface area contributed by atoms with E-state index in [1.807, 2.05) is 0 Å². The smallest absolute Gasteiger partial charge is 0.0587 e. The van der Waals surface area contributed by atoms with Crippen molar-refractivity contribution in [2.24, 2.45) is 5.73 Å². The van der Waals surface area contributed by atoms with Gasteiger partial charge in [-0.2, -0.15) is 0 Å². The lowest BCUT2D eigenvalue weighted by Gasteiger charge is -2.15. The standard InChI is InChI=1S/C10H22N2O/c1-12-7-2-4-10(5-8-12)13-9-3-6-11/h10H,2-9,11H2,1H3. The van der Waals surface area contributed by atoms with Gasteiger partial charge in [0, 0.05) is 13.2 Å². The lowest BCUT2D eigenvalue weighted by Crippen LogP contribution is -2.20. The van der Waals surface area contributed by atoms with E-state index in [0.717, 1.165) is 19.6 Å². The van der Waals surface area contributed by atoms with Crippen molar-refractivity contribution in [1.29, 1.82) is 0 Å². The first-order chi connectivity index (χ1) is 6.33. The lowest BCUT2D eigenvalue weighted by atomic mass is 10.1. The molecule has 0 amide bonds. The van der Waals surface area contributed by atoms with Crippen LogP contribution in [0.1, 0.15) is 25.7 Å². The maximum atomic E-state index is 5.74. The SMILES string of the molecule is CN1CCCC(OCCCN)CC1. The summed E-state index contributed by atoms with van der Waals surface area (Å²) in [5, 5.41) is 0. The predicted molar refractivity (Wildman–Crippen MR) is 54.8 cm³/mol. The highest BCUT2D eigenvalue weighted by atomic mass is 16.5. The van der Waals surface area contributed by atoms with E-state index in [1.165, 1.54) is 32.4 Å². The number of hydrogen-bond acceptors (Lipinski definition) is 3. The minimum Gasteiger partial charge on any atom is -0.378 e. The molecule has 0 aromatic rings. The Kier molecular flexibility index (Phi) is 5.35. The highest BCUT2D eigenvalue weighted by Crippen LogP contribution is 2.12. The molecule has 1 atom stereocenters. The van der Waals surface area contributed by atoms with Crippen LogP contribution in [0.2, 0.25) is 0 Å². The molecular weight excluding hydrogens is 164 g/mol. The molecule has 1 heterocycles. The van der Waals surface area contributed by atoms with Gasteiger partial charge in [0.2, 0.25) is 0 Å². The summed E-state index contributed by atoms with van der Waals surface area (Å²) >= 11 is 0. The fraction of sp³-hybridized carbons (Fsp3) is 1.00. The topological polar surface area (TPSA) is 38.5 Å². The molecule has 0 spiro atoms. The van der Waals surface area contributed by atoms with Crippen LogP contribution in [0.25, 0.3) is 0 Å². The predicted octanol–water partition coefficient (Wildman–Crippen LogP) is 0.836. The molecule has 0 aliphatic carbocycles. The van der Waals surface area contributed by atoms with Crippen molar-refractivity contribution in [3.05, 3.63) is 0 Å². The molecule has 78 valence electrons. The van der Waals surface area contributed by atoms with E-state index in [2.05, 4.69) is 11.9 Å². The normalized spacial score (nSPS) is 25.8. The number of nitrogens with two attached hydrogens (primary N) is 1. The maximum absolute atomic E-state index is 5.74. The number of rotatable bonds is 4. The molecule has 1 aliphatic heterocycles. The summed E-state index contributed by atoms with van der Waals surface area (Å²) < 4.78 is 5.74. The van der Waals surface area contributed by atoms with Crippen LogP contribution in [-0.4, -0.2) is 44.3 Å². The van der Waals surface area contributed by atoms with Gasteiger partial charge in [-0.3, -0.25) is 0 Å². The molecular formula is C10H22N2O. The Labute approximate surface area is 81.2 Å². The molecule has 0 aromatic heterocycles. The van der Waals surface area contributed by atoms with Gasteiger partial charge in [0.1, 0.15) is 0 Å². The minimum atomic E-state index is 0.483. The van der Waals surface area contributed by atoms with Gasteiger partial charge in [0.05, 0.1) is 6.10 Å². The second-order valence-electron chi connectivity index (χ2n) is 3.87. The van der Waals surface area contributed by atoms with Crippen LogP contribution in [0.3, 0.4) is 0 Å². The Morgan fingerprint density at radius 3 is 3.00 bits per heavy atom. The minimum absolute atomic E-state index is 0.483. The van der Waals surface area contributed by atoms with Crippen molar-refractivity contribution >= 4 is 0 Å². The second-order valence-corrected chi connectivity index (χ2v) is 3.87. The molecule has 3 nitrogen and oxygen atoms in total. The monoisotopic (exact) mass is 186 g/mol. The Morgan fingerprint density at radius 2 is 2.23 bits per heavy atom. The summed E-state index contributed by atoms with van der Waals surface area (Å²) in [6.45, 7) is 3.97. The van der Waals surface area contributed by atoms with Crippen molar-refractivity contribution in [3.63, 3.8) is 0 Å². The Hall–Kier alpha value is -0.120. The number of nitrogens with zero attached hydrogens (tertiary/aromatic N) is 1. The van der Waals surface area contributed by atoms with Gasteiger partial charge in [-0.05, 0) is 45.8 Å². The third kappa shape index (κ3) is 4.60. The summed E-state index contributed by atoms with van der Waals surface area (Å²) in [6, 6.07) is 0.